The lowest BCUT2D eigenvalue weighted by Crippen LogP contribution is -2.19. The predicted molar refractivity (Wildman–Crippen MR) is 132 cm³/mol. The number of aromatic nitrogens is 2. The van der Waals surface area contributed by atoms with Crippen molar-refractivity contribution in [3.63, 3.8) is 0 Å². The van der Waals surface area contributed by atoms with Crippen molar-refractivity contribution in [1.82, 2.24) is 9.97 Å². The van der Waals surface area contributed by atoms with Crippen LogP contribution in [-0.4, -0.2) is 49.3 Å². The van der Waals surface area contributed by atoms with Gasteiger partial charge >= 0.3 is 0 Å². The molecule has 13 heteroatoms. The van der Waals surface area contributed by atoms with E-state index in [-0.39, 0.29) is 33.2 Å². The molecule has 3 heterocycles. The van der Waals surface area contributed by atoms with E-state index in [4.69, 9.17) is 27.9 Å². The highest BCUT2D eigenvalue weighted by Crippen LogP contribution is 2.38. The summed E-state index contributed by atoms with van der Waals surface area (Å²) in [6.45, 7) is 3.05. The molecule has 1 aliphatic heterocycles. The van der Waals surface area contributed by atoms with Crippen LogP contribution in [0.5, 0.6) is 0 Å². The number of halogens is 2. The Hall–Kier alpha value is -2.18. The molecule has 1 saturated heterocycles. The first-order chi connectivity index (χ1) is 15.8. The van der Waals surface area contributed by atoms with E-state index in [1.807, 2.05) is 0 Å². The van der Waals surface area contributed by atoms with Crippen LogP contribution in [0.25, 0.3) is 10.2 Å². The maximum atomic E-state index is 13.1. The number of nitrogens with zero attached hydrogens (tertiary/aromatic N) is 2. The molecule has 1 aromatic carbocycles. The van der Waals surface area contributed by atoms with Crippen LogP contribution in [0.15, 0.2) is 23.8 Å². The molecule has 3 aromatic rings. The summed E-state index contributed by atoms with van der Waals surface area (Å²) in [4.78, 5) is 21.7. The lowest BCUT2D eigenvalue weighted by Gasteiger charge is -2.14. The summed E-state index contributed by atoms with van der Waals surface area (Å²) in [5.41, 5.74) is 1.05. The molecule has 1 amide bonds. The predicted octanol–water partition coefficient (Wildman–Crippen LogP) is 4.60. The molecule has 1 atom stereocenters. The van der Waals surface area contributed by atoms with Crippen LogP contribution in [0.2, 0.25) is 10.0 Å². The number of thiophene rings is 1. The molecule has 1 fully saturated rings. The van der Waals surface area contributed by atoms with Gasteiger partial charge in [0.2, 0.25) is 10.0 Å². The Morgan fingerprint density at radius 2 is 2.12 bits per heavy atom. The Bertz CT molecular complexity index is 1290. The van der Waals surface area contributed by atoms with Gasteiger partial charge in [-0.2, -0.15) is 0 Å². The second-order valence-corrected chi connectivity index (χ2v) is 10.9. The quantitative estimate of drug-likeness (QED) is 0.389. The summed E-state index contributed by atoms with van der Waals surface area (Å²) in [6.07, 6.45) is 2.72. The topological polar surface area (TPSA) is 122 Å². The average molecular weight is 530 g/mol. The van der Waals surface area contributed by atoms with E-state index in [2.05, 4.69) is 25.3 Å². The standard InChI is InChI=1S/C20H21Cl2N5O4S2/c1-2-7-33(29,30)27-14-4-3-13(21)17(15(14)22)26-20(28)12-9-32-18-16(12)23-10-24-19(18)25-11-5-6-31-8-11/h3-4,9-11,27H,2,5-8H2,1H3,(H,26,28)(H,23,24,25). The highest BCUT2D eigenvalue weighted by molar-refractivity contribution is 7.92. The second-order valence-electron chi connectivity index (χ2n) is 7.41. The van der Waals surface area contributed by atoms with Crippen molar-refractivity contribution in [2.45, 2.75) is 25.8 Å². The highest BCUT2D eigenvalue weighted by atomic mass is 35.5. The molecule has 4 rings (SSSR count). The van der Waals surface area contributed by atoms with Gasteiger partial charge in [0.15, 0.2) is 0 Å². The molecule has 0 radical (unpaired) electrons. The Balaban J connectivity index is 1.60. The van der Waals surface area contributed by atoms with E-state index >= 15 is 0 Å². The average Bonchev–Trinajstić information content (AvgIpc) is 3.43. The fraction of sp³-hybridized carbons (Fsp3) is 0.350. The van der Waals surface area contributed by atoms with Crippen molar-refractivity contribution >= 4 is 77.9 Å². The number of hydrogen-bond acceptors (Lipinski definition) is 8. The molecule has 1 unspecified atom stereocenters. The third kappa shape index (κ3) is 5.33. The minimum absolute atomic E-state index is 0.00622. The van der Waals surface area contributed by atoms with Crippen LogP contribution < -0.4 is 15.4 Å². The van der Waals surface area contributed by atoms with E-state index in [0.717, 1.165) is 11.1 Å². The largest absolute Gasteiger partial charge is 0.379 e. The molecule has 33 heavy (non-hydrogen) atoms. The number of anilines is 3. The van der Waals surface area contributed by atoms with Crippen LogP contribution in [0.3, 0.4) is 0 Å². The summed E-state index contributed by atoms with van der Waals surface area (Å²) in [5, 5.41) is 7.88. The van der Waals surface area contributed by atoms with Crippen LogP contribution >= 0.6 is 34.5 Å². The zero-order valence-electron chi connectivity index (χ0n) is 17.5. The van der Waals surface area contributed by atoms with Crippen LogP contribution in [0.4, 0.5) is 17.2 Å². The maximum Gasteiger partial charge on any atom is 0.258 e. The number of nitrogens with one attached hydrogen (secondary N) is 3. The minimum atomic E-state index is -3.57. The van der Waals surface area contributed by atoms with E-state index in [1.54, 1.807) is 12.3 Å². The molecular weight excluding hydrogens is 509 g/mol. The first-order valence-electron chi connectivity index (χ1n) is 10.2. The van der Waals surface area contributed by atoms with Gasteiger partial charge in [-0.05, 0) is 25.0 Å². The van der Waals surface area contributed by atoms with Crippen molar-refractivity contribution in [3.05, 3.63) is 39.4 Å². The van der Waals surface area contributed by atoms with Crippen molar-refractivity contribution < 1.29 is 17.9 Å². The number of benzene rings is 1. The molecule has 1 aliphatic rings. The lowest BCUT2D eigenvalue weighted by atomic mass is 10.2. The van der Waals surface area contributed by atoms with E-state index in [0.29, 0.717) is 36.5 Å². The summed E-state index contributed by atoms with van der Waals surface area (Å²) < 4.78 is 32.8. The zero-order chi connectivity index (χ0) is 23.6. The molecule has 0 spiro atoms. The van der Waals surface area contributed by atoms with Crippen molar-refractivity contribution in [3.8, 4) is 0 Å². The minimum Gasteiger partial charge on any atom is -0.379 e. The van der Waals surface area contributed by atoms with E-state index in [9.17, 15) is 13.2 Å². The summed E-state index contributed by atoms with van der Waals surface area (Å²) in [7, 11) is -3.57. The molecule has 9 nitrogen and oxygen atoms in total. The SMILES string of the molecule is CCCS(=O)(=O)Nc1ccc(Cl)c(NC(=O)c2csc3c(NC4CCOC4)ncnc23)c1Cl. The lowest BCUT2D eigenvalue weighted by molar-refractivity contribution is 0.102. The third-order valence-electron chi connectivity index (χ3n) is 4.94. The van der Waals surface area contributed by atoms with E-state index < -0.39 is 15.9 Å². The molecule has 176 valence electrons. The molecule has 0 saturated carbocycles. The van der Waals surface area contributed by atoms with E-state index in [1.165, 1.54) is 29.8 Å². The van der Waals surface area contributed by atoms with Gasteiger partial charge in [-0.1, -0.05) is 30.1 Å². The number of amides is 1. The number of hydrogen-bond donors (Lipinski definition) is 3. The summed E-state index contributed by atoms with van der Waals surface area (Å²) in [5.74, 6) is 0.104. The number of rotatable bonds is 8. The fourth-order valence-corrected chi connectivity index (χ4v) is 6.04. The van der Waals surface area contributed by atoms with Gasteiger partial charge in [-0.15, -0.1) is 11.3 Å². The molecule has 3 N–H and O–H groups in total. The number of carbonyl (C=O) groups is 1. The van der Waals surface area contributed by atoms with Gasteiger partial charge in [0, 0.05) is 12.0 Å². The highest BCUT2D eigenvalue weighted by Gasteiger charge is 2.22. The maximum absolute atomic E-state index is 13.1. The van der Waals surface area contributed by atoms with Crippen LogP contribution in [0.1, 0.15) is 30.1 Å². The third-order valence-corrected chi connectivity index (χ3v) is 8.10. The van der Waals surface area contributed by atoms with Gasteiger partial charge in [-0.3, -0.25) is 9.52 Å². The zero-order valence-corrected chi connectivity index (χ0v) is 20.7. The van der Waals surface area contributed by atoms with Gasteiger partial charge < -0.3 is 15.4 Å². The number of sulfonamides is 1. The summed E-state index contributed by atoms with van der Waals surface area (Å²) in [6, 6.07) is 3.07. The van der Waals surface area contributed by atoms with Crippen LogP contribution in [0, 0.1) is 0 Å². The molecule has 0 bridgehead atoms. The number of fused-ring (bicyclic) bond motifs is 1. The van der Waals surface area contributed by atoms with Gasteiger partial charge in [0.1, 0.15) is 12.1 Å². The van der Waals surface area contributed by atoms with Crippen molar-refractivity contribution in [2.75, 3.05) is 34.3 Å². The van der Waals surface area contributed by atoms with Gasteiger partial charge in [0.25, 0.3) is 5.91 Å². The van der Waals surface area contributed by atoms with Gasteiger partial charge in [0.05, 0.1) is 55.6 Å². The normalized spacial score (nSPS) is 16.2. The smallest absolute Gasteiger partial charge is 0.258 e. The Kier molecular flexibility index (Phi) is 7.25. The first kappa shape index (κ1) is 24.0. The molecular formula is C20H21Cl2N5O4S2. The van der Waals surface area contributed by atoms with Crippen LogP contribution in [-0.2, 0) is 14.8 Å². The van der Waals surface area contributed by atoms with Crippen molar-refractivity contribution in [1.29, 1.82) is 0 Å². The Morgan fingerprint density at radius 1 is 1.30 bits per heavy atom. The molecule has 0 aliphatic carbocycles. The number of carbonyl (C=O) groups excluding carboxylic acids is 1. The van der Waals surface area contributed by atoms with Crippen molar-refractivity contribution in [2.24, 2.45) is 0 Å². The Morgan fingerprint density at radius 3 is 2.85 bits per heavy atom. The monoisotopic (exact) mass is 529 g/mol. The van der Waals surface area contributed by atoms with Gasteiger partial charge in [-0.25, -0.2) is 18.4 Å². The molecule has 2 aromatic heterocycles. The Labute approximate surface area is 204 Å². The number of ether oxygens (including phenoxy) is 1. The first-order valence-corrected chi connectivity index (χ1v) is 13.4. The second kappa shape index (κ2) is 9.98. The fourth-order valence-electron chi connectivity index (χ4n) is 3.37. The summed E-state index contributed by atoms with van der Waals surface area (Å²) >= 11 is 14.0.